The van der Waals surface area contributed by atoms with E-state index in [1.165, 1.54) is 44.0 Å². The minimum Gasteiger partial charge on any atom is -0.456 e. The van der Waals surface area contributed by atoms with Crippen LogP contribution in [0.2, 0.25) is 0 Å². The first kappa shape index (κ1) is 29.3. The van der Waals surface area contributed by atoms with Crippen molar-refractivity contribution >= 4 is 55.3 Å². The van der Waals surface area contributed by atoms with E-state index in [-0.39, 0.29) is 18.2 Å². The van der Waals surface area contributed by atoms with Gasteiger partial charge in [0.1, 0.15) is 23.2 Å². The number of nitrogens with zero attached hydrogens (tertiary/aromatic N) is 2. The number of aromatic nitrogens is 1. The first-order valence-corrected chi connectivity index (χ1v) is 17.9. The number of nitrogens with one attached hydrogen (secondary N) is 2. The molecule has 5 heteroatoms. The van der Waals surface area contributed by atoms with E-state index in [1.54, 1.807) is 0 Å². The zero-order valence-electron chi connectivity index (χ0n) is 27.8. The quantitative estimate of drug-likeness (QED) is 0.195. The third-order valence-electron chi connectivity index (χ3n) is 10.8. The summed E-state index contributed by atoms with van der Waals surface area (Å²) in [7, 11) is 0. The predicted octanol–water partition coefficient (Wildman–Crippen LogP) is 10.3. The molecule has 0 saturated heterocycles. The maximum atomic E-state index is 6.54. The van der Waals surface area contributed by atoms with Crippen molar-refractivity contribution in [2.45, 2.75) is 43.9 Å². The zero-order valence-corrected chi connectivity index (χ0v) is 27.8. The molecule has 0 spiro atoms. The molecule has 6 aromatic rings. The van der Waals surface area contributed by atoms with Gasteiger partial charge < -0.3 is 14.3 Å². The second kappa shape index (κ2) is 12.0. The number of fused-ring (bicyclic) bond motifs is 6. The first-order valence-electron chi connectivity index (χ1n) is 17.9. The predicted molar refractivity (Wildman–Crippen MR) is 207 cm³/mol. The molecular weight excluding hydrogens is 613 g/mol. The number of hydrogen-bond acceptors (Lipinski definition) is 4. The highest BCUT2D eigenvalue weighted by molar-refractivity contribution is 6.11. The summed E-state index contributed by atoms with van der Waals surface area (Å²) in [5.41, 5.74) is 9.18. The van der Waals surface area contributed by atoms with Gasteiger partial charge in [-0.25, -0.2) is 4.99 Å². The fourth-order valence-electron chi connectivity index (χ4n) is 8.39. The molecule has 4 atom stereocenters. The molecule has 10 rings (SSSR count). The molecule has 0 fully saturated rings. The van der Waals surface area contributed by atoms with Crippen molar-refractivity contribution in [3.63, 3.8) is 0 Å². The van der Waals surface area contributed by atoms with Gasteiger partial charge in [0, 0.05) is 44.6 Å². The number of para-hydroxylation sites is 2. The summed E-state index contributed by atoms with van der Waals surface area (Å²) in [6, 6.07) is 30.6. The standard InChI is InChI=1S/C45H38N4O/c1-3-13-29(14-4-1)34-21-12-24-40-42(34)37-26-25-32(28-41(37)50-40)45-47-43(30-15-5-2-6-16-30)46-44(48-45)31-17-11-18-33(27-31)49-38-22-9-7-19-35(38)36-20-8-10-23-39(36)49/h1,3-5,7-13,15-26,28-29,31,43-44,46H,2,6,14,27H2,(H,47,48). The normalized spacial score (nSPS) is 23.4. The van der Waals surface area contributed by atoms with Crippen LogP contribution in [0.5, 0.6) is 0 Å². The van der Waals surface area contributed by atoms with Crippen molar-refractivity contribution in [3.05, 3.63) is 162 Å². The maximum absolute atomic E-state index is 6.54. The van der Waals surface area contributed by atoms with E-state index in [1.807, 2.05) is 0 Å². The molecule has 4 aliphatic rings. The minimum atomic E-state index is -0.145. The lowest BCUT2D eigenvalue weighted by atomic mass is 9.89. The monoisotopic (exact) mass is 650 g/mol. The summed E-state index contributed by atoms with van der Waals surface area (Å²) in [6.45, 7) is 0. The summed E-state index contributed by atoms with van der Waals surface area (Å²) >= 11 is 0. The Hall–Kier alpha value is -5.65. The lowest BCUT2D eigenvalue weighted by Crippen LogP contribution is -2.58. The van der Waals surface area contributed by atoms with E-state index < -0.39 is 0 Å². The van der Waals surface area contributed by atoms with Crippen LogP contribution in [0.25, 0.3) is 49.4 Å². The summed E-state index contributed by atoms with van der Waals surface area (Å²) < 4.78 is 8.99. The Morgan fingerprint density at radius 3 is 2.42 bits per heavy atom. The lowest BCUT2D eigenvalue weighted by Gasteiger charge is -2.37. The Morgan fingerprint density at radius 1 is 0.760 bits per heavy atom. The van der Waals surface area contributed by atoms with Gasteiger partial charge in [-0.05, 0) is 73.2 Å². The highest BCUT2D eigenvalue weighted by Crippen LogP contribution is 2.39. The second-order valence-electron chi connectivity index (χ2n) is 13.8. The number of aliphatic imine (C=N–C) groups is 1. The number of amidine groups is 1. The van der Waals surface area contributed by atoms with Gasteiger partial charge >= 0.3 is 0 Å². The molecule has 4 unspecified atom stereocenters. The van der Waals surface area contributed by atoms with Gasteiger partial charge in [-0.1, -0.05) is 109 Å². The van der Waals surface area contributed by atoms with E-state index >= 15 is 0 Å². The van der Waals surface area contributed by atoms with Gasteiger partial charge in [0.2, 0.25) is 0 Å². The van der Waals surface area contributed by atoms with Crippen LogP contribution in [0.4, 0.5) is 0 Å². The molecule has 1 aliphatic heterocycles. The Kier molecular flexibility index (Phi) is 7.05. The van der Waals surface area contributed by atoms with Crippen LogP contribution in [0, 0.1) is 5.92 Å². The molecule has 2 N–H and O–H groups in total. The summed E-state index contributed by atoms with van der Waals surface area (Å²) in [5, 5.41) is 12.7. The van der Waals surface area contributed by atoms with Gasteiger partial charge in [-0.15, -0.1) is 0 Å². The zero-order chi connectivity index (χ0) is 33.0. The molecule has 3 aliphatic carbocycles. The van der Waals surface area contributed by atoms with Crippen LogP contribution in [0.15, 0.2) is 161 Å². The van der Waals surface area contributed by atoms with Gasteiger partial charge in [0.15, 0.2) is 0 Å². The van der Waals surface area contributed by atoms with Crippen molar-refractivity contribution in [3.8, 4) is 0 Å². The van der Waals surface area contributed by atoms with E-state index in [4.69, 9.17) is 9.41 Å². The molecule has 244 valence electrons. The molecule has 3 heterocycles. The third kappa shape index (κ3) is 4.92. The maximum Gasteiger partial charge on any atom is 0.136 e. The van der Waals surface area contributed by atoms with Crippen LogP contribution in [-0.4, -0.2) is 22.7 Å². The van der Waals surface area contributed by atoms with Gasteiger partial charge in [0.25, 0.3) is 0 Å². The Balaban J connectivity index is 1.01. The van der Waals surface area contributed by atoms with Crippen LogP contribution in [-0.2, 0) is 0 Å². The largest absolute Gasteiger partial charge is 0.456 e. The van der Waals surface area contributed by atoms with Crippen molar-refractivity contribution in [1.29, 1.82) is 0 Å². The molecule has 0 amide bonds. The molecule has 0 radical (unpaired) electrons. The van der Waals surface area contributed by atoms with Gasteiger partial charge in [-0.2, -0.15) is 0 Å². The number of hydrogen-bond donors (Lipinski definition) is 2. The fraction of sp³-hybridized carbons (Fsp3) is 0.178. The number of benzene rings is 4. The summed E-state index contributed by atoms with van der Waals surface area (Å²) in [6.07, 6.45) is 26.3. The highest BCUT2D eigenvalue weighted by Gasteiger charge is 2.32. The molecule has 50 heavy (non-hydrogen) atoms. The molecule has 5 nitrogen and oxygen atoms in total. The van der Waals surface area contributed by atoms with E-state index in [0.717, 1.165) is 53.6 Å². The Labute approximate surface area is 291 Å². The average molecular weight is 651 g/mol. The topological polar surface area (TPSA) is 54.5 Å². The van der Waals surface area contributed by atoms with Crippen molar-refractivity contribution in [2.75, 3.05) is 0 Å². The highest BCUT2D eigenvalue weighted by atomic mass is 16.3. The first-order chi connectivity index (χ1) is 24.8. The molecular formula is C45H38N4O. The van der Waals surface area contributed by atoms with E-state index in [9.17, 15) is 0 Å². The fourth-order valence-corrected chi connectivity index (χ4v) is 8.39. The number of rotatable bonds is 5. The van der Waals surface area contributed by atoms with Crippen molar-refractivity contribution < 1.29 is 4.42 Å². The van der Waals surface area contributed by atoms with Gasteiger partial charge in [0.05, 0.1) is 17.2 Å². The number of allylic oxidation sites excluding steroid dienone is 9. The molecule has 2 aromatic heterocycles. The molecule has 0 saturated carbocycles. The van der Waals surface area contributed by atoms with Crippen LogP contribution in [0.1, 0.15) is 42.7 Å². The average Bonchev–Trinajstić information content (AvgIpc) is 3.74. The Bertz CT molecular complexity index is 2480. The van der Waals surface area contributed by atoms with Crippen LogP contribution < -0.4 is 10.6 Å². The smallest absolute Gasteiger partial charge is 0.136 e. The van der Waals surface area contributed by atoms with Crippen molar-refractivity contribution in [2.24, 2.45) is 10.9 Å². The van der Waals surface area contributed by atoms with Crippen LogP contribution >= 0.6 is 0 Å². The second-order valence-corrected chi connectivity index (χ2v) is 13.8. The van der Waals surface area contributed by atoms with Crippen molar-refractivity contribution in [1.82, 2.24) is 15.2 Å². The molecule has 4 aromatic carbocycles. The van der Waals surface area contributed by atoms with E-state index in [2.05, 4.69) is 161 Å². The minimum absolute atomic E-state index is 0.0270. The Morgan fingerprint density at radius 2 is 1.62 bits per heavy atom. The summed E-state index contributed by atoms with van der Waals surface area (Å²) in [4.78, 5) is 5.30. The molecule has 0 bridgehead atoms. The van der Waals surface area contributed by atoms with E-state index in [0.29, 0.717) is 5.92 Å². The number of furan rings is 1. The van der Waals surface area contributed by atoms with Crippen LogP contribution in [0.3, 0.4) is 0 Å². The SMILES string of the molecule is C1=CCC(c2cccc3oc4cc(C5=NC(C6=CCCC=C6)NC(C6C=CC=C(n7c8ccccc8c8ccccc87)C6)N5)ccc4c23)C=C1. The third-order valence-corrected chi connectivity index (χ3v) is 10.8. The summed E-state index contributed by atoms with van der Waals surface area (Å²) in [5.74, 6) is 1.44. The van der Waals surface area contributed by atoms with Gasteiger partial charge in [-0.3, -0.25) is 5.32 Å². The lowest BCUT2D eigenvalue weighted by molar-refractivity contribution is 0.345.